The van der Waals surface area contributed by atoms with E-state index in [2.05, 4.69) is 5.32 Å². The quantitative estimate of drug-likeness (QED) is 0.778. The van der Waals surface area contributed by atoms with Gasteiger partial charge in [0.1, 0.15) is 5.75 Å². The molecule has 1 fully saturated rings. The van der Waals surface area contributed by atoms with E-state index >= 15 is 0 Å². The minimum absolute atomic E-state index is 0.0521. The lowest BCUT2D eigenvalue weighted by atomic mass is 10.2. The summed E-state index contributed by atoms with van der Waals surface area (Å²) >= 11 is 0. The van der Waals surface area contributed by atoms with Gasteiger partial charge in [-0.2, -0.15) is 0 Å². The van der Waals surface area contributed by atoms with Gasteiger partial charge in [-0.3, -0.25) is 4.79 Å². The third kappa shape index (κ3) is 3.12. The van der Waals surface area contributed by atoms with Gasteiger partial charge in [-0.15, -0.1) is 0 Å². The van der Waals surface area contributed by atoms with Crippen LogP contribution in [-0.2, 0) is 4.79 Å². The van der Waals surface area contributed by atoms with Crippen molar-refractivity contribution in [1.29, 1.82) is 0 Å². The van der Waals surface area contributed by atoms with Crippen molar-refractivity contribution >= 4 is 11.6 Å². The number of ether oxygens (including phenoxy) is 1. The number of hydrogen-bond acceptors (Lipinski definition) is 3. The minimum atomic E-state index is -0.474. The van der Waals surface area contributed by atoms with Gasteiger partial charge >= 0.3 is 0 Å². The molecule has 92 valence electrons. The molecule has 0 bridgehead atoms. The van der Waals surface area contributed by atoms with Gasteiger partial charge in [-0.05, 0) is 50.5 Å². The highest BCUT2D eigenvalue weighted by atomic mass is 16.5. The number of rotatable bonds is 4. The van der Waals surface area contributed by atoms with E-state index in [1.807, 2.05) is 13.0 Å². The van der Waals surface area contributed by atoms with Crippen LogP contribution >= 0.6 is 0 Å². The van der Waals surface area contributed by atoms with E-state index in [9.17, 15) is 4.79 Å². The third-order valence-electron chi connectivity index (χ3n) is 2.80. The lowest BCUT2D eigenvalue weighted by Gasteiger charge is -2.16. The van der Waals surface area contributed by atoms with Crippen LogP contribution in [0, 0.1) is 6.92 Å². The maximum absolute atomic E-state index is 11.7. The summed E-state index contributed by atoms with van der Waals surface area (Å²) < 4.78 is 5.62. The molecule has 1 amide bonds. The number of nitrogen functional groups attached to an aromatic ring is 1. The molecular formula is C13H18N2O2. The first-order valence-corrected chi connectivity index (χ1v) is 5.89. The van der Waals surface area contributed by atoms with Gasteiger partial charge in [-0.1, -0.05) is 0 Å². The van der Waals surface area contributed by atoms with E-state index in [4.69, 9.17) is 10.5 Å². The zero-order valence-electron chi connectivity index (χ0n) is 10.2. The van der Waals surface area contributed by atoms with Crippen LogP contribution in [0.1, 0.15) is 25.3 Å². The molecule has 0 aliphatic heterocycles. The van der Waals surface area contributed by atoms with Gasteiger partial charge in [0.25, 0.3) is 5.91 Å². The molecule has 3 N–H and O–H groups in total. The van der Waals surface area contributed by atoms with Gasteiger partial charge in [0, 0.05) is 11.7 Å². The van der Waals surface area contributed by atoms with Crippen molar-refractivity contribution in [2.45, 2.75) is 38.8 Å². The van der Waals surface area contributed by atoms with Crippen LogP contribution in [0.3, 0.4) is 0 Å². The first kappa shape index (κ1) is 11.8. The van der Waals surface area contributed by atoms with Crippen molar-refractivity contribution < 1.29 is 9.53 Å². The summed E-state index contributed by atoms with van der Waals surface area (Å²) in [7, 11) is 0. The molecular weight excluding hydrogens is 216 g/mol. The monoisotopic (exact) mass is 234 g/mol. The molecule has 0 saturated heterocycles. The minimum Gasteiger partial charge on any atom is -0.481 e. The Balaban J connectivity index is 1.96. The van der Waals surface area contributed by atoms with Gasteiger partial charge in [0.05, 0.1) is 0 Å². The first-order valence-electron chi connectivity index (χ1n) is 5.89. The van der Waals surface area contributed by atoms with Gasteiger partial charge < -0.3 is 15.8 Å². The van der Waals surface area contributed by atoms with Crippen LogP contribution in [0.25, 0.3) is 0 Å². The average Bonchev–Trinajstić information content (AvgIpc) is 3.06. The van der Waals surface area contributed by atoms with E-state index < -0.39 is 6.10 Å². The fourth-order valence-electron chi connectivity index (χ4n) is 1.60. The number of hydrogen-bond donors (Lipinski definition) is 2. The molecule has 2 rings (SSSR count). The fourth-order valence-corrected chi connectivity index (χ4v) is 1.60. The van der Waals surface area contributed by atoms with Crippen molar-refractivity contribution in [2.75, 3.05) is 5.73 Å². The molecule has 17 heavy (non-hydrogen) atoms. The predicted octanol–water partition coefficient (Wildman–Crippen LogP) is 1.62. The van der Waals surface area contributed by atoms with E-state index in [1.54, 1.807) is 19.1 Å². The molecule has 0 radical (unpaired) electrons. The molecule has 4 heteroatoms. The Bertz CT molecular complexity index is 427. The Morgan fingerprint density at radius 3 is 2.82 bits per heavy atom. The molecule has 1 aliphatic carbocycles. The Hall–Kier alpha value is -1.71. The highest BCUT2D eigenvalue weighted by Crippen LogP contribution is 2.22. The SMILES string of the molecule is Cc1cc(N)ccc1OC(C)C(=O)NC1CC1. The zero-order chi connectivity index (χ0) is 12.4. The molecule has 0 spiro atoms. The maximum Gasteiger partial charge on any atom is 0.260 e. The van der Waals surface area contributed by atoms with Crippen LogP contribution in [-0.4, -0.2) is 18.1 Å². The maximum atomic E-state index is 11.7. The number of anilines is 1. The number of carbonyl (C=O) groups excluding carboxylic acids is 1. The summed E-state index contributed by atoms with van der Waals surface area (Å²) in [4.78, 5) is 11.7. The summed E-state index contributed by atoms with van der Waals surface area (Å²) in [6, 6.07) is 5.77. The molecule has 4 nitrogen and oxygen atoms in total. The Kier molecular flexibility index (Phi) is 3.22. The second kappa shape index (κ2) is 4.65. The van der Waals surface area contributed by atoms with E-state index in [0.717, 1.165) is 18.4 Å². The third-order valence-corrected chi connectivity index (χ3v) is 2.80. The molecule has 1 saturated carbocycles. The Morgan fingerprint density at radius 2 is 2.24 bits per heavy atom. The van der Waals surface area contributed by atoms with Gasteiger partial charge in [0.2, 0.25) is 0 Å². The van der Waals surface area contributed by atoms with E-state index in [1.165, 1.54) is 0 Å². The smallest absolute Gasteiger partial charge is 0.260 e. The largest absolute Gasteiger partial charge is 0.481 e. The summed E-state index contributed by atoms with van der Waals surface area (Å²) in [5, 5.41) is 2.92. The Morgan fingerprint density at radius 1 is 1.53 bits per heavy atom. The van der Waals surface area contributed by atoms with Crippen molar-refractivity contribution in [3.8, 4) is 5.75 Å². The second-order valence-corrected chi connectivity index (χ2v) is 4.57. The topological polar surface area (TPSA) is 64.3 Å². The lowest BCUT2D eigenvalue weighted by molar-refractivity contribution is -0.127. The second-order valence-electron chi connectivity index (χ2n) is 4.57. The number of nitrogens with two attached hydrogens (primary N) is 1. The van der Waals surface area contributed by atoms with Crippen LogP contribution in [0.5, 0.6) is 5.75 Å². The Labute approximate surface area is 101 Å². The number of nitrogens with one attached hydrogen (secondary N) is 1. The number of aryl methyl sites for hydroxylation is 1. The molecule has 0 aromatic heterocycles. The van der Waals surface area contributed by atoms with Gasteiger partial charge in [-0.25, -0.2) is 0 Å². The summed E-state index contributed by atoms with van der Waals surface area (Å²) in [5.74, 6) is 0.654. The summed E-state index contributed by atoms with van der Waals surface area (Å²) in [5.41, 5.74) is 7.30. The average molecular weight is 234 g/mol. The first-order chi connectivity index (χ1) is 8.06. The molecule has 1 aromatic rings. The molecule has 0 heterocycles. The highest BCUT2D eigenvalue weighted by molar-refractivity contribution is 5.81. The molecule has 1 aliphatic rings. The number of amides is 1. The lowest BCUT2D eigenvalue weighted by Crippen LogP contribution is -2.37. The predicted molar refractivity (Wildman–Crippen MR) is 66.8 cm³/mol. The van der Waals surface area contributed by atoms with Gasteiger partial charge in [0.15, 0.2) is 6.10 Å². The fraction of sp³-hybridized carbons (Fsp3) is 0.462. The standard InChI is InChI=1S/C13H18N2O2/c1-8-7-10(14)3-6-12(8)17-9(2)13(16)15-11-4-5-11/h3,6-7,9,11H,4-5,14H2,1-2H3,(H,15,16). The zero-order valence-corrected chi connectivity index (χ0v) is 10.2. The summed E-state index contributed by atoms with van der Waals surface area (Å²) in [6.07, 6.45) is 1.69. The number of benzene rings is 1. The van der Waals surface area contributed by atoms with Crippen molar-refractivity contribution in [1.82, 2.24) is 5.32 Å². The summed E-state index contributed by atoms with van der Waals surface area (Å²) in [6.45, 7) is 3.67. The van der Waals surface area contributed by atoms with Crippen molar-refractivity contribution in [3.05, 3.63) is 23.8 Å². The van der Waals surface area contributed by atoms with E-state index in [-0.39, 0.29) is 5.91 Å². The molecule has 1 atom stereocenters. The van der Waals surface area contributed by atoms with Crippen molar-refractivity contribution in [3.63, 3.8) is 0 Å². The molecule has 1 unspecified atom stereocenters. The number of carbonyl (C=O) groups is 1. The van der Waals surface area contributed by atoms with Crippen molar-refractivity contribution in [2.24, 2.45) is 0 Å². The normalized spacial score (nSPS) is 16.4. The van der Waals surface area contributed by atoms with Crippen LogP contribution < -0.4 is 15.8 Å². The van der Waals surface area contributed by atoms with E-state index in [0.29, 0.717) is 17.5 Å². The molecule has 1 aromatic carbocycles. The highest BCUT2D eigenvalue weighted by Gasteiger charge is 2.26. The van der Waals surface area contributed by atoms with Crippen LogP contribution in [0.4, 0.5) is 5.69 Å². The van der Waals surface area contributed by atoms with Crippen LogP contribution in [0.2, 0.25) is 0 Å². The van der Waals surface area contributed by atoms with Crippen LogP contribution in [0.15, 0.2) is 18.2 Å².